The molecule has 1 aliphatic heterocycles. The molecule has 0 bridgehead atoms. The van der Waals surface area contributed by atoms with Gasteiger partial charge in [0.1, 0.15) is 24.7 Å². The maximum absolute atomic E-state index is 13.1. The molecule has 3 aromatic carbocycles. The van der Waals surface area contributed by atoms with E-state index in [0.29, 0.717) is 18.7 Å². The minimum atomic E-state index is -2.67. The number of para-hydroxylation sites is 1. The van der Waals surface area contributed by atoms with Crippen molar-refractivity contribution in [2.24, 2.45) is 5.73 Å². The monoisotopic (exact) mass is 425 g/mol. The number of fused-ring (bicyclic) bond motifs is 3. The Morgan fingerprint density at radius 2 is 1.94 bits per heavy atom. The number of carboxylic acids is 1. The molecule has 31 heavy (non-hydrogen) atoms. The lowest BCUT2D eigenvalue weighted by molar-refractivity contribution is -0.136. The number of hydrogen-bond donors (Lipinski definition) is 2. The quantitative estimate of drug-likeness (QED) is 0.566. The van der Waals surface area contributed by atoms with E-state index in [1.54, 1.807) is 0 Å². The molecule has 0 saturated heterocycles. The van der Waals surface area contributed by atoms with Crippen molar-refractivity contribution in [1.82, 2.24) is 0 Å². The number of benzene rings is 3. The van der Waals surface area contributed by atoms with Gasteiger partial charge in [0.15, 0.2) is 0 Å². The first-order valence-electron chi connectivity index (χ1n) is 9.78. The Labute approximate surface area is 178 Å². The Hall–Kier alpha value is -3.45. The third-order valence-corrected chi connectivity index (χ3v) is 5.23. The highest BCUT2D eigenvalue weighted by molar-refractivity contribution is 5.77. The fraction of sp³-hybridized carbons (Fsp3) is 0.208. The summed E-state index contributed by atoms with van der Waals surface area (Å²) >= 11 is 0. The molecule has 0 atom stereocenters. The topological polar surface area (TPSA) is 81.8 Å². The number of carboxylic acid groups (broad SMARTS) is 1. The third kappa shape index (κ3) is 4.36. The molecule has 1 aliphatic rings. The van der Waals surface area contributed by atoms with Crippen LogP contribution in [-0.4, -0.2) is 11.1 Å². The highest BCUT2D eigenvalue weighted by atomic mass is 19.3. The molecular formula is C24H21F2NO4. The highest BCUT2D eigenvalue weighted by Crippen LogP contribution is 2.40. The van der Waals surface area contributed by atoms with Crippen molar-refractivity contribution in [1.29, 1.82) is 0 Å². The second-order valence-electron chi connectivity index (χ2n) is 7.31. The molecule has 0 spiro atoms. The highest BCUT2D eigenvalue weighted by Gasteiger charge is 2.20. The fourth-order valence-electron chi connectivity index (χ4n) is 3.68. The van der Waals surface area contributed by atoms with Gasteiger partial charge in [-0.05, 0) is 28.8 Å². The molecule has 160 valence electrons. The van der Waals surface area contributed by atoms with Crippen molar-refractivity contribution in [2.45, 2.75) is 32.6 Å². The summed E-state index contributed by atoms with van der Waals surface area (Å²) in [6.45, 7) is 0.910. The van der Waals surface area contributed by atoms with Crippen molar-refractivity contribution in [3.63, 3.8) is 0 Å². The summed E-state index contributed by atoms with van der Waals surface area (Å²) in [4.78, 5) is 11.1. The van der Waals surface area contributed by atoms with Gasteiger partial charge in [0, 0.05) is 28.8 Å². The Balaban J connectivity index is 1.62. The molecule has 4 rings (SSSR count). The molecule has 0 saturated carbocycles. The number of nitrogens with two attached hydrogens (primary N) is 1. The van der Waals surface area contributed by atoms with Crippen molar-refractivity contribution in [2.75, 3.05) is 0 Å². The van der Waals surface area contributed by atoms with Gasteiger partial charge >= 0.3 is 5.97 Å². The molecule has 3 N–H and O–H groups in total. The van der Waals surface area contributed by atoms with Crippen molar-refractivity contribution >= 4 is 5.97 Å². The molecule has 7 heteroatoms. The summed E-state index contributed by atoms with van der Waals surface area (Å²) in [7, 11) is 0. The van der Waals surface area contributed by atoms with E-state index in [0.717, 1.165) is 33.6 Å². The maximum Gasteiger partial charge on any atom is 0.307 e. The predicted molar refractivity (Wildman–Crippen MR) is 111 cm³/mol. The van der Waals surface area contributed by atoms with Gasteiger partial charge in [0.25, 0.3) is 6.43 Å². The second-order valence-corrected chi connectivity index (χ2v) is 7.31. The number of aliphatic carboxylic acids is 1. The SMILES string of the molecule is NCc1cccc2c1OCc1ccc(COc3cc(C(F)F)ccc3CC(=O)O)cc1-2. The number of halogens is 2. The van der Waals surface area contributed by atoms with E-state index in [2.05, 4.69) is 0 Å². The minimum absolute atomic E-state index is 0.110. The molecule has 0 radical (unpaired) electrons. The Morgan fingerprint density at radius 1 is 1.10 bits per heavy atom. The first kappa shape index (κ1) is 20.8. The van der Waals surface area contributed by atoms with Crippen LogP contribution in [0, 0.1) is 0 Å². The molecule has 3 aromatic rings. The number of carbonyl (C=O) groups is 1. The average molecular weight is 425 g/mol. The smallest absolute Gasteiger partial charge is 0.307 e. The first-order valence-corrected chi connectivity index (χ1v) is 9.78. The normalized spacial score (nSPS) is 12.1. The summed E-state index contributed by atoms with van der Waals surface area (Å²) in [5.74, 6) is -0.147. The molecule has 0 unspecified atom stereocenters. The number of hydrogen-bond acceptors (Lipinski definition) is 4. The van der Waals surface area contributed by atoms with Gasteiger partial charge in [0.2, 0.25) is 0 Å². The van der Waals surface area contributed by atoms with Crippen LogP contribution in [-0.2, 0) is 31.0 Å². The van der Waals surface area contributed by atoms with Crippen LogP contribution in [0.2, 0.25) is 0 Å². The minimum Gasteiger partial charge on any atom is -0.489 e. The largest absolute Gasteiger partial charge is 0.489 e. The van der Waals surface area contributed by atoms with E-state index in [-0.39, 0.29) is 24.3 Å². The zero-order valence-corrected chi connectivity index (χ0v) is 16.6. The van der Waals surface area contributed by atoms with Crippen LogP contribution in [0.15, 0.2) is 54.6 Å². The van der Waals surface area contributed by atoms with Gasteiger partial charge in [-0.15, -0.1) is 0 Å². The molecule has 5 nitrogen and oxygen atoms in total. The fourth-order valence-corrected chi connectivity index (χ4v) is 3.68. The summed E-state index contributed by atoms with van der Waals surface area (Å²) in [5.41, 5.74) is 10.7. The van der Waals surface area contributed by atoms with E-state index < -0.39 is 12.4 Å². The summed E-state index contributed by atoms with van der Waals surface area (Å²) < 4.78 is 37.9. The second kappa shape index (κ2) is 8.73. The van der Waals surface area contributed by atoms with Gasteiger partial charge < -0.3 is 20.3 Å². The Bertz CT molecular complexity index is 1130. The zero-order valence-electron chi connectivity index (χ0n) is 16.6. The summed E-state index contributed by atoms with van der Waals surface area (Å²) in [6.07, 6.45) is -2.98. The standard InChI is InChI=1S/C24H21F2NO4/c25-24(26)16-7-6-15(10-22(28)29)21(9-16)30-12-14-4-5-18-13-31-23-17(11-27)2-1-3-19(23)20(18)8-14/h1-9,24H,10-13,27H2,(H,28,29). The summed E-state index contributed by atoms with van der Waals surface area (Å²) in [6, 6.07) is 15.4. The average Bonchev–Trinajstić information content (AvgIpc) is 2.77. The van der Waals surface area contributed by atoms with Gasteiger partial charge in [-0.2, -0.15) is 0 Å². The molecular weight excluding hydrogens is 404 g/mol. The van der Waals surface area contributed by atoms with Crippen molar-refractivity contribution in [3.05, 3.63) is 82.4 Å². The van der Waals surface area contributed by atoms with E-state index in [9.17, 15) is 13.6 Å². The number of ether oxygens (including phenoxy) is 2. The van der Waals surface area contributed by atoms with Crippen LogP contribution in [0.4, 0.5) is 8.78 Å². The molecule has 0 aromatic heterocycles. The van der Waals surface area contributed by atoms with Gasteiger partial charge in [-0.3, -0.25) is 4.79 Å². The predicted octanol–water partition coefficient (Wildman–Crippen LogP) is 4.85. The van der Waals surface area contributed by atoms with E-state index in [4.69, 9.17) is 20.3 Å². The van der Waals surface area contributed by atoms with Crippen LogP contribution in [0.1, 0.15) is 34.2 Å². The first-order chi connectivity index (χ1) is 15.0. The van der Waals surface area contributed by atoms with Crippen molar-refractivity contribution < 1.29 is 28.2 Å². The summed E-state index contributed by atoms with van der Waals surface area (Å²) in [5, 5.41) is 9.10. The van der Waals surface area contributed by atoms with Crippen LogP contribution in [0.25, 0.3) is 11.1 Å². The lowest BCUT2D eigenvalue weighted by atomic mass is 9.93. The lowest BCUT2D eigenvalue weighted by Gasteiger charge is -2.23. The number of rotatable bonds is 7. The van der Waals surface area contributed by atoms with Gasteiger partial charge in [-0.1, -0.05) is 42.5 Å². The van der Waals surface area contributed by atoms with E-state index >= 15 is 0 Å². The zero-order chi connectivity index (χ0) is 22.0. The van der Waals surface area contributed by atoms with Gasteiger partial charge in [-0.25, -0.2) is 8.78 Å². The van der Waals surface area contributed by atoms with Crippen LogP contribution >= 0.6 is 0 Å². The van der Waals surface area contributed by atoms with E-state index in [1.165, 1.54) is 18.2 Å². The molecule has 0 aliphatic carbocycles. The Kier molecular flexibility index (Phi) is 5.86. The van der Waals surface area contributed by atoms with Crippen LogP contribution in [0.5, 0.6) is 11.5 Å². The Morgan fingerprint density at radius 3 is 2.68 bits per heavy atom. The maximum atomic E-state index is 13.1. The third-order valence-electron chi connectivity index (χ3n) is 5.23. The molecule has 0 fully saturated rings. The number of alkyl halides is 2. The van der Waals surface area contributed by atoms with Crippen molar-refractivity contribution in [3.8, 4) is 22.6 Å². The van der Waals surface area contributed by atoms with Crippen LogP contribution in [0.3, 0.4) is 0 Å². The van der Waals surface area contributed by atoms with E-state index in [1.807, 2.05) is 36.4 Å². The van der Waals surface area contributed by atoms with Gasteiger partial charge in [0.05, 0.1) is 6.42 Å². The van der Waals surface area contributed by atoms with Crippen LogP contribution < -0.4 is 15.2 Å². The molecule has 1 heterocycles. The lowest BCUT2D eigenvalue weighted by Crippen LogP contribution is -2.10. The molecule has 0 amide bonds.